The van der Waals surface area contributed by atoms with Crippen LogP contribution < -0.4 is 0 Å². The van der Waals surface area contributed by atoms with Crippen LogP contribution in [0.5, 0.6) is 0 Å². The number of alkyl halides is 6. The van der Waals surface area contributed by atoms with Gasteiger partial charge in [0.05, 0.1) is 0 Å². The van der Waals surface area contributed by atoms with Gasteiger partial charge in [-0.25, -0.2) is 0 Å². The van der Waals surface area contributed by atoms with Gasteiger partial charge in [-0.2, -0.15) is 26.3 Å². The van der Waals surface area contributed by atoms with Crippen LogP contribution in [0.2, 0.25) is 0 Å². The predicted octanol–water partition coefficient (Wildman–Crippen LogP) is 8.72. The Morgan fingerprint density at radius 2 is 1.52 bits per heavy atom. The summed E-state index contributed by atoms with van der Waals surface area (Å²) in [6, 6.07) is 0. The first-order valence-electron chi connectivity index (χ1n) is 11.1. The second kappa shape index (κ2) is 8.82. The lowest BCUT2D eigenvalue weighted by Gasteiger charge is -2.47. The monoisotopic (exact) mass is 426 g/mol. The van der Waals surface area contributed by atoms with Crippen LogP contribution in [-0.4, -0.2) is 12.4 Å². The third-order valence-corrected chi connectivity index (χ3v) is 8.18. The van der Waals surface area contributed by atoms with Gasteiger partial charge in [0.2, 0.25) is 0 Å². The maximum atomic E-state index is 14.5. The summed E-state index contributed by atoms with van der Waals surface area (Å²) in [6.45, 7) is 7.99. The normalized spacial score (nSPS) is 33.8. The Hall–Kier alpha value is -0.680. The molecule has 0 radical (unpaired) electrons. The summed E-state index contributed by atoms with van der Waals surface area (Å²) in [7, 11) is 0. The van der Waals surface area contributed by atoms with E-state index in [4.69, 9.17) is 0 Å². The summed E-state index contributed by atoms with van der Waals surface area (Å²) in [6.07, 6.45) is -4.45. The van der Waals surface area contributed by atoms with Crippen molar-refractivity contribution >= 4 is 0 Å². The Balaban J connectivity index is 2.52. The average Bonchev–Trinajstić information content (AvgIpc) is 2.92. The summed E-state index contributed by atoms with van der Waals surface area (Å²) < 4.78 is 86.8. The molecule has 0 bridgehead atoms. The lowest BCUT2D eigenvalue weighted by molar-refractivity contribution is -0.373. The molecule has 0 amide bonds. The third-order valence-electron chi connectivity index (χ3n) is 8.18. The Morgan fingerprint density at radius 3 is 2.07 bits per heavy atom. The van der Waals surface area contributed by atoms with Crippen LogP contribution in [0.4, 0.5) is 26.3 Å². The predicted molar refractivity (Wildman–Crippen MR) is 104 cm³/mol. The maximum Gasteiger partial charge on any atom is 0.404 e. The second-order valence-electron chi connectivity index (χ2n) is 9.86. The Labute approximate surface area is 171 Å². The van der Waals surface area contributed by atoms with Crippen LogP contribution >= 0.6 is 0 Å². The minimum atomic E-state index is -5.32. The molecule has 1 fully saturated rings. The molecule has 0 aromatic rings. The quantitative estimate of drug-likeness (QED) is 0.239. The van der Waals surface area contributed by atoms with E-state index in [1.165, 1.54) is 6.08 Å². The molecule has 0 nitrogen and oxygen atoms in total. The van der Waals surface area contributed by atoms with Gasteiger partial charge in [-0.15, -0.1) is 0 Å². The zero-order valence-corrected chi connectivity index (χ0v) is 18.1. The fourth-order valence-electron chi connectivity index (χ4n) is 5.87. The van der Waals surface area contributed by atoms with Gasteiger partial charge in [-0.3, -0.25) is 0 Å². The van der Waals surface area contributed by atoms with Crippen LogP contribution in [0.1, 0.15) is 85.5 Å². The highest BCUT2D eigenvalue weighted by molar-refractivity contribution is 5.11. The van der Waals surface area contributed by atoms with E-state index < -0.39 is 29.6 Å². The van der Waals surface area contributed by atoms with Gasteiger partial charge in [-0.1, -0.05) is 59.1 Å². The first-order valence-corrected chi connectivity index (χ1v) is 11.1. The highest BCUT2D eigenvalue weighted by Gasteiger charge is 2.75. The zero-order valence-electron chi connectivity index (χ0n) is 18.1. The molecule has 6 heteroatoms. The van der Waals surface area contributed by atoms with E-state index in [0.717, 1.165) is 6.42 Å². The van der Waals surface area contributed by atoms with Gasteiger partial charge in [0, 0.05) is 5.92 Å². The number of allylic oxidation sites excluding steroid dienone is 2. The van der Waals surface area contributed by atoms with Crippen molar-refractivity contribution in [2.45, 2.75) is 97.8 Å². The molecular formula is C23H36F6. The molecule has 0 aliphatic heterocycles. The van der Waals surface area contributed by atoms with E-state index in [0.29, 0.717) is 32.1 Å². The topological polar surface area (TPSA) is 0 Å². The highest BCUT2D eigenvalue weighted by Crippen LogP contribution is 2.64. The molecule has 170 valence electrons. The largest absolute Gasteiger partial charge is 0.404 e. The standard InChI is InChI=1S/C23H36F6/c1-5-17(3)20(4)14-7-10-19(13-15-20)21(22(24,25)26,23(27,28)29)18-9-6-8-16(2)11-12-18/h11-12,16-19H,5-10,13-15H2,1-4H3. The summed E-state index contributed by atoms with van der Waals surface area (Å²) in [5.74, 6) is -2.66. The molecule has 0 spiro atoms. The Kier molecular flexibility index (Phi) is 7.48. The molecule has 0 N–H and O–H groups in total. The van der Waals surface area contributed by atoms with Crippen molar-refractivity contribution in [1.29, 1.82) is 0 Å². The zero-order chi connectivity index (χ0) is 22.1. The minimum absolute atomic E-state index is 0.00899. The van der Waals surface area contributed by atoms with Gasteiger partial charge in [-0.05, 0) is 61.7 Å². The van der Waals surface area contributed by atoms with Crippen LogP contribution in [-0.2, 0) is 0 Å². The van der Waals surface area contributed by atoms with Crippen LogP contribution in [0.3, 0.4) is 0 Å². The summed E-state index contributed by atoms with van der Waals surface area (Å²) in [4.78, 5) is 0. The van der Waals surface area contributed by atoms with Crippen molar-refractivity contribution in [3.63, 3.8) is 0 Å². The molecule has 29 heavy (non-hydrogen) atoms. The molecular weight excluding hydrogens is 390 g/mol. The van der Waals surface area contributed by atoms with E-state index in [-0.39, 0.29) is 36.5 Å². The molecule has 5 unspecified atom stereocenters. The molecule has 0 aromatic heterocycles. The van der Waals surface area contributed by atoms with E-state index in [1.807, 2.05) is 20.8 Å². The van der Waals surface area contributed by atoms with Gasteiger partial charge in [0.25, 0.3) is 0 Å². The van der Waals surface area contributed by atoms with Crippen molar-refractivity contribution in [1.82, 2.24) is 0 Å². The van der Waals surface area contributed by atoms with E-state index >= 15 is 0 Å². The van der Waals surface area contributed by atoms with Crippen LogP contribution in [0.15, 0.2) is 12.2 Å². The first kappa shape index (κ1) is 24.6. The second-order valence-corrected chi connectivity index (χ2v) is 9.86. The van der Waals surface area contributed by atoms with Gasteiger partial charge in [0.1, 0.15) is 0 Å². The molecule has 0 saturated heterocycles. The first-order chi connectivity index (χ1) is 13.3. The van der Waals surface area contributed by atoms with Gasteiger partial charge < -0.3 is 0 Å². The van der Waals surface area contributed by atoms with Crippen molar-refractivity contribution in [2.24, 2.45) is 34.5 Å². The molecule has 5 atom stereocenters. The van der Waals surface area contributed by atoms with Gasteiger partial charge in [0.15, 0.2) is 5.41 Å². The minimum Gasteiger partial charge on any atom is -0.170 e. The van der Waals surface area contributed by atoms with Crippen LogP contribution in [0, 0.1) is 34.5 Å². The molecule has 2 aliphatic carbocycles. The van der Waals surface area contributed by atoms with E-state index in [9.17, 15) is 26.3 Å². The Morgan fingerprint density at radius 1 is 0.897 bits per heavy atom. The van der Waals surface area contributed by atoms with E-state index in [1.54, 1.807) is 6.08 Å². The summed E-state index contributed by atoms with van der Waals surface area (Å²) in [5, 5.41) is 0. The van der Waals surface area contributed by atoms with Gasteiger partial charge >= 0.3 is 12.4 Å². The van der Waals surface area contributed by atoms with Crippen molar-refractivity contribution < 1.29 is 26.3 Å². The molecule has 2 rings (SSSR count). The van der Waals surface area contributed by atoms with Crippen molar-refractivity contribution in [3.05, 3.63) is 12.2 Å². The molecule has 2 aliphatic rings. The molecule has 1 saturated carbocycles. The molecule has 0 heterocycles. The number of rotatable bonds is 4. The van der Waals surface area contributed by atoms with E-state index in [2.05, 4.69) is 6.92 Å². The van der Waals surface area contributed by atoms with Crippen molar-refractivity contribution in [3.8, 4) is 0 Å². The fourth-order valence-corrected chi connectivity index (χ4v) is 5.87. The SMILES string of the molecule is CCC(C)C1(C)CCCC(C(C2C=CC(C)CCC2)(C(F)(F)F)C(F)(F)F)CC1. The molecule has 0 aromatic carbocycles. The smallest absolute Gasteiger partial charge is 0.170 e. The Bertz CT molecular complexity index is 547. The third kappa shape index (κ3) is 4.66. The maximum absolute atomic E-state index is 14.5. The fraction of sp³-hybridized carbons (Fsp3) is 0.913. The van der Waals surface area contributed by atoms with Crippen LogP contribution in [0.25, 0.3) is 0 Å². The number of hydrogen-bond donors (Lipinski definition) is 0. The highest BCUT2D eigenvalue weighted by atomic mass is 19.4. The van der Waals surface area contributed by atoms with Crippen molar-refractivity contribution in [2.75, 3.05) is 0 Å². The lowest BCUT2D eigenvalue weighted by Crippen LogP contribution is -2.59. The lowest BCUT2D eigenvalue weighted by atomic mass is 9.61. The summed E-state index contributed by atoms with van der Waals surface area (Å²) >= 11 is 0. The average molecular weight is 427 g/mol. The number of hydrogen-bond acceptors (Lipinski definition) is 0. The number of halogens is 6. The summed E-state index contributed by atoms with van der Waals surface area (Å²) in [5.41, 5.74) is -3.85.